The second-order valence-electron chi connectivity index (χ2n) is 6.05. The van der Waals surface area contributed by atoms with Crippen molar-refractivity contribution in [2.45, 2.75) is 51.2 Å². The van der Waals surface area contributed by atoms with Crippen molar-refractivity contribution in [2.24, 2.45) is 11.1 Å². The fraction of sp³-hybridized carbons (Fsp3) is 1.00. The van der Waals surface area contributed by atoms with E-state index in [0.717, 1.165) is 19.7 Å². The van der Waals surface area contributed by atoms with Gasteiger partial charge >= 0.3 is 0 Å². The molecule has 0 amide bonds. The fourth-order valence-corrected chi connectivity index (χ4v) is 2.88. The van der Waals surface area contributed by atoms with Gasteiger partial charge in [0.15, 0.2) is 0 Å². The average Bonchev–Trinajstić information content (AvgIpc) is 2.81. The van der Waals surface area contributed by atoms with Crippen LogP contribution in [0.5, 0.6) is 0 Å². The third kappa shape index (κ3) is 2.01. The first-order chi connectivity index (χ1) is 7.52. The molecule has 0 spiro atoms. The Balaban J connectivity index is 1.97. The van der Waals surface area contributed by atoms with Gasteiger partial charge in [0.1, 0.15) is 0 Å². The lowest BCUT2D eigenvalue weighted by molar-refractivity contribution is 0.0148. The minimum absolute atomic E-state index is 0.138. The van der Waals surface area contributed by atoms with Crippen LogP contribution >= 0.6 is 0 Å². The second-order valence-corrected chi connectivity index (χ2v) is 6.05. The van der Waals surface area contributed by atoms with Crippen molar-refractivity contribution in [1.29, 1.82) is 0 Å². The zero-order valence-corrected chi connectivity index (χ0v) is 11.0. The molecule has 1 heterocycles. The van der Waals surface area contributed by atoms with E-state index in [9.17, 15) is 0 Å². The van der Waals surface area contributed by atoms with Crippen molar-refractivity contribution in [3.63, 3.8) is 0 Å². The second kappa shape index (κ2) is 4.28. The molecule has 0 bridgehead atoms. The van der Waals surface area contributed by atoms with Gasteiger partial charge in [0, 0.05) is 25.2 Å². The molecule has 2 rings (SSSR count). The summed E-state index contributed by atoms with van der Waals surface area (Å²) < 4.78 is 5.71. The highest BCUT2D eigenvalue weighted by atomic mass is 16.5. The van der Waals surface area contributed by atoms with Gasteiger partial charge in [-0.3, -0.25) is 4.90 Å². The normalized spacial score (nSPS) is 31.7. The van der Waals surface area contributed by atoms with Gasteiger partial charge in [0.2, 0.25) is 0 Å². The van der Waals surface area contributed by atoms with Gasteiger partial charge < -0.3 is 10.5 Å². The lowest BCUT2D eigenvalue weighted by atomic mass is 9.82. The maximum atomic E-state index is 6.03. The number of hydrogen-bond donors (Lipinski definition) is 1. The van der Waals surface area contributed by atoms with Gasteiger partial charge in [0.05, 0.1) is 6.10 Å². The summed E-state index contributed by atoms with van der Waals surface area (Å²) in [6.07, 6.45) is 5.49. The van der Waals surface area contributed by atoms with Crippen LogP contribution in [0.15, 0.2) is 0 Å². The summed E-state index contributed by atoms with van der Waals surface area (Å²) in [5.41, 5.74) is 6.59. The summed E-state index contributed by atoms with van der Waals surface area (Å²) in [5.74, 6) is 0. The van der Waals surface area contributed by atoms with Crippen LogP contribution in [0.1, 0.15) is 39.5 Å². The Kier molecular flexibility index (Phi) is 3.30. The largest absolute Gasteiger partial charge is 0.377 e. The molecule has 1 aliphatic carbocycles. The number of nitrogens with zero attached hydrogens (tertiary/aromatic N) is 1. The van der Waals surface area contributed by atoms with E-state index in [0.29, 0.717) is 11.5 Å². The zero-order valence-electron chi connectivity index (χ0n) is 11.0. The lowest BCUT2D eigenvalue weighted by Gasteiger charge is -2.44. The first kappa shape index (κ1) is 12.3. The van der Waals surface area contributed by atoms with Gasteiger partial charge in [-0.2, -0.15) is 0 Å². The standard InChI is InChI=1S/C13H26N2O/c1-12(6-7-12)13(2,10-14)15(3)9-11-5-4-8-16-11/h11H,4-10,14H2,1-3H3. The van der Waals surface area contributed by atoms with Crippen molar-refractivity contribution < 1.29 is 4.74 Å². The molecule has 2 atom stereocenters. The van der Waals surface area contributed by atoms with E-state index in [1.54, 1.807) is 0 Å². The molecular weight excluding hydrogens is 200 g/mol. The van der Waals surface area contributed by atoms with Crippen LogP contribution in [-0.2, 0) is 4.74 Å². The van der Waals surface area contributed by atoms with Crippen LogP contribution in [0.25, 0.3) is 0 Å². The molecule has 2 unspecified atom stereocenters. The maximum absolute atomic E-state index is 6.03. The van der Waals surface area contributed by atoms with Crippen LogP contribution in [0.4, 0.5) is 0 Å². The van der Waals surface area contributed by atoms with E-state index >= 15 is 0 Å². The van der Waals surface area contributed by atoms with Crippen molar-refractivity contribution in [3.05, 3.63) is 0 Å². The van der Waals surface area contributed by atoms with Crippen molar-refractivity contribution in [3.8, 4) is 0 Å². The van der Waals surface area contributed by atoms with Crippen LogP contribution in [0, 0.1) is 5.41 Å². The maximum Gasteiger partial charge on any atom is 0.0702 e. The Labute approximate surface area is 99.3 Å². The van der Waals surface area contributed by atoms with E-state index in [-0.39, 0.29) is 5.54 Å². The molecule has 94 valence electrons. The van der Waals surface area contributed by atoms with Gasteiger partial charge in [-0.25, -0.2) is 0 Å². The van der Waals surface area contributed by atoms with Crippen LogP contribution in [0.2, 0.25) is 0 Å². The Morgan fingerprint density at radius 2 is 2.19 bits per heavy atom. The molecule has 3 nitrogen and oxygen atoms in total. The average molecular weight is 226 g/mol. The molecule has 0 aromatic heterocycles. The Morgan fingerprint density at radius 1 is 1.50 bits per heavy atom. The predicted octanol–water partition coefficient (Wildman–Crippen LogP) is 1.61. The van der Waals surface area contributed by atoms with E-state index in [2.05, 4.69) is 25.8 Å². The number of ether oxygens (including phenoxy) is 1. The van der Waals surface area contributed by atoms with Crippen molar-refractivity contribution in [2.75, 3.05) is 26.7 Å². The SMILES string of the molecule is CN(CC1CCCO1)C(C)(CN)C1(C)CC1. The Morgan fingerprint density at radius 3 is 2.62 bits per heavy atom. The molecule has 2 fully saturated rings. The van der Waals surface area contributed by atoms with Crippen LogP contribution < -0.4 is 5.73 Å². The highest BCUT2D eigenvalue weighted by Gasteiger charge is 2.54. The molecule has 1 aliphatic heterocycles. The van der Waals surface area contributed by atoms with Gasteiger partial charge in [-0.1, -0.05) is 6.92 Å². The molecule has 0 aromatic rings. The Hall–Kier alpha value is -0.120. The first-order valence-electron chi connectivity index (χ1n) is 6.55. The molecule has 1 saturated heterocycles. The summed E-state index contributed by atoms with van der Waals surface area (Å²) in [5, 5.41) is 0. The summed E-state index contributed by atoms with van der Waals surface area (Å²) >= 11 is 0. The van der Waals surface area contributed by atoms with E-state index in [4.69, 9.17) is 10.5 Å². The minimum Gasteiger partial charge on any atom is -0.377 e. The third-order valence-electron chi connectivity index (χ3n) is 5.04. The van der Waals surface area contributed by atoms with Crippen molar-refractivity contribution >= 4 is 0 Å². The molecular formula is C13H26N2O. The lowest BCUT2D eigenvalue weighted by Crippen LogP contribution is -2.57. The highest BCUT2D eigenvalue weighted by Crippen LogP contribution is 2.55. The predicted molar refractivity (Wildman–Crippen MR) is 66.4 cm³/mol. The first-order valence-corrected chi connectivity index (χ1v) is 6.55. The third-order valence-corrected chi connectivity index (χ3v) is 5.04. The van der Waals surface area contributed by atoms with Gasteiger partial charge in [0.25, 0.3) is 0 Å². The monoisotopic (exact) mass is 226 g/mol. The molecule has 0 aromatic carbocycles. The van der Waals surface area contributed by atoms with Crippen LogP contribution in [-0.4, -0.2) is 43.3 Å². The fourth-order valence-electron chi connectivity index (χ4n) is 2.88. The Bertz CT molecular complexity index is 246. The molecule has 2 aliphatic rings. The van der Waals surface area contributed by atoms with E-state index in [1.807, 2.05) is 0 Å². The zero-order chi connectivity index (χ0) is 11.8. The summed E-state index contributed by atoms with van der Waals surface area (Å²) in [6.45, 7) is 7.39. The number of nitrogens with two attached hydrogens (primary N) is 1. The smallest absolute Gasteiger partial charge is 0.0702 e. The topological polar surface area (TPSA) is 38.5 Å². The summed E-state index contributed by atoms with van der Waals surface area (Å²) in [6, 6.07) is 0. The number of likely N-dealkylation sites (N-methyl/N-ethyl adjacent to an activating group) is 1. The summed E-state index contributed by atoms with van der Waals surface area (Å²) in [4.78, 5) is 2.44. The van der Waals surface area contributed by atoms with Gasteiger partial charge in [-0.15, -0.1) is 0 Å². The number of hydrogen-bond acceptors (Lipinski definition) is 3. The molecule has 16 heavy (non-hydrogen) atoms. The minimum atomic E-state index is 0.138. The molecule has 3 heteroatoms. The molecule has 1 saturated carbocycles. The highest BCUT2D eigenvalue weighted by molar-refractivity contribution is 5.09. The van der Waals surface area contributed by atoms with Crippen LogP contribution in [0.3, 0.4) is 0 Å². The molecule has 0 radical (unpaired) electrons. The summed E-state index contributed by atoms with van der Waals surface area (Å²) in [7, 11) is 2.21. The van der Waals surface area contributed by atoms with Gasteiger partial charge in [-0.05, 0) is 45.1 Å². The number of rotatable bonds is 5. The van der Waals surface area contributed by atoms with E-state index < -0.39 is 0 Å². The molecule has 2 N–H and O–H groups in total. The quantitative estimate of drug-likeness (QED) is 0.774. The van der Waals surface area contributed by atoms with E-state index in [1.165, 1.54) is 25.7 Å². The van der Waals surface area contributed by atoms with Crippen molar-refractivity contribution in [1.82, 2.24) is 4.90 Å².